The number of likely N-dealkylation sites (tertiary alicyclic amines) is 1. The molecule has 0 radical (unpaired) electrons. The summed E-state index contributed by atoms with van der Waals surface area (Å²) in [6.07, 6.45) is 0. The molecule has 0 bridgehead atoms. The highest BCUT2D eigenvalue weighted by Crippen LogP contribution is 2.23. The Bertz CT molecular complexity index is 474. The summed E-state index contributed by atoms with van der Waals surface area (Å²) in [5.74, 6) is -1.45. The predicted octanol–water partition coefficient (Wildman–Crippen LogP) is 1.38. The first kappa shape index (κ1) is 14.5. The van der Waals surface area contributed by atoms with Crippen molar-refractivity contribution in [1.82, 2.24) is 4.90 Å². The first-order chi connectivity index (χ1) is 9.58. The normalized spacial score (nSPS) is 21.9. The number of carbonyl (C=O) groups is 2. The molecule has 1 fully saturated rings. The maximum atomic E-state index is 12.0. The van der Waals surface area contributed by atoms with E-state index < -0.39 is 11.9 Å². The minimum Gasteiger partial charge on any atom is -0.481 e. The highest BCUT2D eigenvalue weighted by Gasteiger charge is 2.36. The molecule has 108 valence electrons. The molecule has 1 amide bonds. The van der Waals surface area contributed by atoms with Crippen LogP contribution in [0.25, 0.3) is 0 Å². The lowest BCUT2D eigenvalue weighted by atomic mass is 9.99. The maximum Gasteiger partial charge on any atom is 0.308 e. The van der Waals surface area contributed by atoms with Crippen LogP contribution in [-0.4, -0.2) is 41.6 Å². The number of carboxylic acids is 1. The summed E-state index contributed by atoms with van der Waals surface area (Å²) in [6, 6.07) is 9.62. The zero-order valence-corrected chi connectivity index (χ0v) is 11.5. The topological polar surface area (TPSA) is 66.8 Å². The molecule has 0 saturated carbocycles. The molecule has 2 atom stereocenters. The standard InChI is InChI=1S/C15H19NO4/c1-11-7-16(8-13(11)15(18)19)14(17)10-20-9-12-5-3-2-4-6-12/h2-6,11,13H,7-10H2,1H3,(H,18,19). The Kier molecular flexibility index (Phi) is 4.74. The molecule has 1 aromatic carbocycles. The summed E-state index contributed by atoms with van der Waals surface area (Å²) in [5.41, 5.74) is 1.01. The number of aliphatic carboxylic acids is 1. The summed E-state index contributed by atoms with van der Waals surface area (Å²) in [7, 11) is 0. The second-order valence-corrected chi connectivity index (χ2v) is 5.20. The highest BCUT2D eigenvalue weighted by atomic mass is 16.5. The Morgan fingerprint density at radius 3 is 2.60 bits per heavy atom. The Morgan fingerprint density at radius 1 is 1.30 bits per heavy atom. The van der Waals surface area contributed by atoms with E-state index in [1.807, 2.05) is 37.3 Å². The number of ether oxygens (including phenoxy) is 1. The minimum atomic E-state index is -0.835. The molecule has 1 aliphatic rings. The van der Waals surface area contributed by atoms with Gasteiger partial charge in [-0.15, -0.1) is 0 Å². The fourth-order valence-electron chi connectivity index (χ4n) is 2.41. The van der Waals surface area contributed by atoms with Gasteiger partial charge in [0, 0.05) is 13.1 Å². The molecule has 2 rings (SSSR count). The summed E-state index contributed by atoms with van der Waals surface area (Å²) in [5, 5.41) is 9.04. The van der Waals surface area contributed by atoms with Gasteiger partial charge in [-0.1, -0.05) is 37.3 Å². The minimum absolute atomic E-state index is 0.00600. The lowest BCUT2D eigenvalue weighted by Gasteiger charge is -2.15. The largest absolute Gasteiger partial charge is 0.481 e. The molecular weight excluding hydrogens is 258 g/mol. The van der Waals surface area contributed by atoms with Gasteiger partial charge in [-0.3, -0.25) is 9.59 Å². The van der Waals surface area contributed by atoms with E-state index >= 15 is 0 Å². The number of benzene rings is 1. The van der Waals surface area contributed by atoms with Gasteiger partial charge >= 0.3 is 5.97 Å². The van der Waals surface area contributed by atoms with Gasteiger partial charge in [0.2, 0.25) is 5.91 Å². The van der Waals surface area contributed by atoms with E-state index in [4.69, 9.17) is 9.84 Å². The number of carboxylic acid groups (broad SMARTS) is 1. The molecule has 5 nitrogen and oxygen atoms in total. The van der Waals surface area contributed by atoms with Crippen LogP contribution in [0.5, 0.6) is 0 Å². The van der Waals surface area contributed by atoms with Crippen LogP contribution >= 0.6 is 0 Å². The van der Waals surface area contributed by atoms with Gasteiger partial charge in [-0.2, -0.15) is 0 Å². The molecule has 0 aromatic heterocycles. The van der Waals surface area contributed by atoms with Crippen LogP contribution in [0.4, 0.5) is 0 Å². The van der Waals surface area contributed by atoms with E-state index in [1.165, 1.54) is 0 Å². The third-order valence-corrected chi connectivity index (χ3v) is 3.62. The summed E-state index contributed by atoms with van der Waals surface area (Å²) in [4.78, 5) is 24.5. The first-order valence-electron chi connectivity index (χ1n) is 6.70. The lowest BCUT2D eigenvalue weighted by molar-refractivity contribution is -0.142. The number of rotatable bonds is 5. The van der Waals surface area contributed by atoms with E-state index in [1.54, 1.807) is 4.90 Å². The number of amides is 1. The quantitative estimate of drug-likeness (QED) is 0.883. The van der Waals surface area contributed by atoms with Crippen molar-refractivity contribution in [3.8, 4) is 0 Å². The molecular formula is C15H19NO4. The molecule has 1 heterocycles. The maximum absolute atomic E-state index is 12.0. The van der Waals surface area contributed by atoms with Crippen molar-refractivity contribution < 1.29 is 19.4 Å². The molecule has 1 aromatic rings. The second kappa shape index (κ2) is 6.52. The molecule has 2 unspecified atom stereocenters. The number of hydrogen-bond acceptors (Lipinski definition) is 3. The zero-order chi connectivity index (χ0) is 14.5. The van der Waals surface area contributed by atoms with Crippen molar-refractivity contribution in [3.63, 3.8) is 0 Å². The third-order valence-electron chi connectivity index (χ3n) is 3.62. The monoisotopic (exact) mass is 277 g/mol. The summed E-state index contributed by atoms with van der Waals surface area (Å²) >= 11 is 0. The molecule has 20 heavy (non-hydrogen) atoms. The van der Waals surface area contributed by atoms with Gasteiger partial charge in [-0.05, 0) is 11.5 Å². The SMILES string of the molecule is CC1CN(C(=O)COCc2ccccc2)CC1C(=O)O. The van der Waals surface area contributed by atoms with Crippen LogP contribution in [-0.2, 0) is 20.9 Å². The van der Waals surface area contributed by atoms with Crippen LogP contribution in [0.3, 0.4) is 0 Å². The molecule has 0 spiro atoms. The Balaban J connectivity index is 1.77. The Morgan fingerprint density at radius 2 is 2.00 bits per heavy atom. The zero-order valence-electron chi connectivity index (χ0n) is 11.5. The molecule has 0 aliphatic carbocycles. The van der Waals surface area contributed by atoms with Crippen LogP contribution in [0.1, 0.15) is 12.5 Å². The first-order valence-corrected chi connectivity index (χ1v) is 6.70. The lowest BCUT2D eigenvalue weighted by Crippen LogP contribution is -2.32. The average molecular weight is 277 g/mol. The second-order valence-electron chi connectivity index (χ2n) is 5.20. The van der Waals surface area contributed by atoms with Crippen LogP contribution in [0, 0.1) is 11.8 Å². The molecule has 5 heteroatoms. The van der Waals surface area contributed by atoms with Crippen molar-refractivity contribution in [3.05, 3.63) is 35.9 Å². The van der Waals surface area contributed by atoms with E-state index in [9.17, 15) is 9.59 Å². The van der Waals surface area contributed by atoms with E-state index in [0.717, 1.165) is 5.56 Å². The number of hydrogen-bond donors (Lipinski definition) is 1. The van der Waals surface area contributed by atoms with Crippen molar-refractivity contribution >= 4 is 11.9 Å². The van der Waals surface area contributed by atoms with Gasteiger partial charge in [0.25, 0.3) is 0 Å². The fourth-order valence-corrected chi connectivity index (χ4v) is 2.41. The van der Waals surface area contributed by atoms with Gasteiger partial charge in [0.05, 0.1) is 12.5 Å². The van der Waals surface area contributed by atoms with Crippen molar-refractivity contribution in [2.45, 2.75) is 13.5 Å². The van der Waals surface area contributed by atoms with E-state index in [0.29, 0.717) is 13.2 Å². The van der Waals surface area contributed by atoms with Gasteiger partial charge in [0.1, 0.15) is 6.61 Å². The predicted molar refractivity (Wildman–Crippen MR) is 73.0 cm³/mol. The van der Waals surface area contributed by atoms with Crippen molar-refractivity contribution in [2.24, 2.45) is 11.8 Å². The third kappa shape index (κ3) is 3.57. The highest BCUT2D eigenvalue weighted by molar-refractivity contribution is 5.79. The van der Waals surface area contributed by atoms with Gasteiger partial charge < -0.3 is 14.7 Å². The van der Waals surface area contributed by atoms with Gasteiger partial charge in [0.15, 0.2) is 0 Å². The molecule has 1 aliphatic heterocycles. The van der Waals surface area contributed by atoms with Crippen LogP contribution < -0.4 is 0 Å². The Hall–Kier alpha value is -1.88. The molecule has 1 N–H and O–H groups in total. The number of nitrogens with zero attached hydrogens (tertiary/aromatic N) is 1. The van der Waals surface area contributed by atoms with E-state index in [-0.39, 0.29) is 25.0 Å². The Labute approximate surface area is 118 Å². The smallest absolute Gasteiger partial charge is 0.308 e. The van der Waals surface area contributed by atoms with Crippen molar-refractivity contribution in [2.75, 3.05) is 19.7 Å². The summed E-state index contributed by atoms with van der Waals surface area (Å²) < 4.78 is 5.39. The van der Waals surface area contributed by atoms with Gasteiger partial charge in [-0.25, -0.2) is 0 Å². The fraction of sp³-hybridized carbons (Fsp3) is 0.467. The summed E-state index contributed by atoms with van der Waals surface area (Å²) in [6.45, 7) is 3.01. The average Bonchev–Trinajstić information content (AvgIpc) is 2.82. The molecule has 1 saturated heterocycles. The van der Waals surface area contributed by atoms with E-state index in [2.05, 4.69) is 0 Å². The van der Waals surface area contributed by atoms with Crippen molar-refractivity contribution in [1.29, 1.82) is 0 Å². The number of carbonyl (C=O) groups excluding carboxylic acids is 1. The van der Waals surface area contributed by atoms with Crippen LogP contribution in [0.2, 0.25) is 0 Å². The van der Waals surface area contributed by atoms with Crippen LogP contribution in [0.15, 0.2) is 30.3 Å².